The van der Waals surface area contributed by atoms with Gasteiger partial charge in [0.1, 0.15) is 5.69 Å². The van der Waals surface area contributed by atoms with E-state index in [2.05, 4.69) is 10.6 Å². The second-order valence-electron chi connectivity index (χ2n) is 5.65. The van der Waals surface area contributed by atoms with Crippen LogP contribution in [0.25, 0.3) is 0 Å². The molecule has 0 aromatic heterocycles. The number of amides is 1. The number of fused-ring (bicyclic) bond motifs is 1. The number of nitro groups is 1. The third-order valence-electron chi connectivity index (χ3n) is 3.87. The number of nitro benzene ring substituents is 1. The molecule has 20 heavy (non-hydrogen) atoms. The largest absolute Gasteiger partial charge is 0.384 e. The molecule has 1 amide bonds. The van der Waals surface area contributed by atoms with E-state index in [1.165, 1.54) is 6.07 Å². The first kappa shape index (κ1) is 14.3. The Balaban J connectivity index is 2.36. The molecule has 0 saturated heterocycles. The molecular weight excluding hydrogens is 258 g/mol. The highest BCUT2D eigenvalue weighted by Gasteiger charge is 2.28. The van der Waals surface area contributed by atoms with E-state index >= 15 is 0 Å². The van der Waals surface area contributed by atoms with Gasteiger partial charge in [-0.25, -0.2) is 0 Å². The lowest BCUT2D eigenvalue weighted by molar-refractivity contribution is -0.383. The molecule has 0 unspecified atom stereocenters. The molecule has 0 bridgehead atoms. The predicted molar refractivity (Wildman–Crippen MR) is 78.0 cm³/mol. The number of nitrogens with zero attached hydrogens (tertiary/aromatic N) is 1. The molecule has 0 fully saturated rings. The molecule has 1 aliphatic rings. The quantitative estimate of drug-likeness (QED) is 0.654. The third kappa shape index (κ3) is 2.59. The van der Waals surface area contributed by atoms with Crippen molar-refractivity contribution < 1.29 is 9.72 Å². The summed E-state index contributed by atoms with van der Waals surface area (Å²) in [4.78, 5) is 22.9. The molecule has 2 N–H and O–H groups in total. The fraction of sp³-hybridized carbons (Fsp3) is 0.500. The summed E-state index contributed by atoms with van der Waals surface area (Å²) in [5.74, 6) is -0.200. The van der Waals surface area contributed by atoms with Gasteiger partial charge < -0.3 is 10.6 Å². The molecule has 0 saturated carbocycles. The first-order valence-corrected chi connectivity index (χ1v) is 6.72. The number of benzene rings is 1. The second-order valence-corrected chi connectivity index (χ2v) is 5.65. The topological polar surface area (TPSA) is 84.3 Å². The minimum Gasteiger partial charge on any atom is -0.384 e. The molecule has 1 aromatic rings. The van der Waals surface area contributed by atoms with Crippen molar-refractivity contribution in [2.24, 2.45) is 5.41 Å². The molecule has 0 atom stereocenters. The minimum absolute atomic E-state index is 0.0709. The summed E-state index contributed by atoms with van der Waals surface area (Å²) in [5.41, 5.74) is 1.44. The van der Waals surface area contributed by atoms with Gasteiger partial charge in [-0.2, -0.15) is 0 Å². The zero-order chi connectivity index (χ0) is 14.9. The lowest BCUT2D eigenvalue weighted by Gasteiger charge is -2.21. The van der Waals surface area contributed by atoms with Crippen LogP contribution in [0.15, 0.2) is 12.1 Å². The van der Waals surface area contributed by atoms with Gasteiger partial charge in [0.2, 0.25) is 5.91 Å². The minimum atomic E-state index is -0.550. The Labute approximate surface area is 117 Å². The molecule has 2 rings (SSSR count). The molecular formula is C14H19N3O3. The number of hydrogen-bond acceptors (Lipinski definition) is 4. The molecule has 1 aliphatic heterocycles. The molecule has 108 valence electrons. The molecule has 1 heterocycles. The lowest BCUT2D eigenvalue weighted by atomic mass is 9.89. The average Bonchev–Trinajstić information content (AvgIpc) is 2.84. The summed E-state index contributed by atoms with van der Waals surface area (Å²) in [6.07, 6.45) is 1.48. The van der Waals surface area contributed by atoms with E-state index in [1.54, 1.807) is 6.07 Å². The van der Waals surface area contributed by atoms with Gasteiger partial charge >= 0.3 is 0 Å². The van der Waals surface area contributed by atoms with Crippen molar-refractivity contribution in [3.8, 4) is 0 Å². The predicted octanol–water partition coefficient (Wildman–Crippen LogP) is 2.94. The number of carbonyl (C=O) groups is 1. The highest BCUT2D eigenvalue weighted by Crippen LogP contribution is 2.35. The summed E-state index contributed by atoms with van der Waals surface area (Å²) < 4.78 is 0. The average molecular weight is 277 g/mol. The molecule has 0 spiro atoms. The maximum Gasteiger partial charge on any atom is 0.294 e. The molecule has 6 nitrogen and oxygen atoms in total. The summed E-state index contributed by atoms with van der Waals surface area (Å²) >= 11 is 0. The summed E-state index contributed by atoms with van der Waals surface area (Å²) in [6, 6.07) is 3.20. The SMILES string of the molecule is CCC(C)(C)C(=O)Nc1cc2c(cc1[N+](=O)[O-])NCC2. The van der Waals surface area contributed by atoms with E-state index in [0.29, 0.717) is 6.42 Å². The van der Waals surface area contributed by atoms with Gasteiger partial charge in [-0.15, -0.1) is 0 Å². The van der Waals surface area contributed by atoms with Crippen molar-refractivity contribution in [2.45, 2.75) is 33.6 Å². The van der Waals surface area contributed by atoms with Gasteiger partial charge in [0.25, 0.3) is 5.69 Å². The van der Waals surface area contributed by atoms with Crippen LogP contribution >= 0.6 is 0 Å². The monoisotopic (exact) mass is 277 g/mol. The number of anilines is 2. The van der Waals surface area contributed by atoms with Gasteiger partial charge in [0.05, 0.1) is 4.92 Å². The van der Waals surface area contributed by atoms with Crippen LogP contribution in [0.1, 0.15) is 32.8 Å². The molecule has 1 aromatic carbocycles. The summed E-state index contributed by atoms with van der Waals surface area (Å²) in [6.45, 7) is 6.33. The Morgan fingerprint density at radius 2 is 2.20 bits per heavy atom. The van der Waals surface area contributed by atoms with Gasteiger partial charge in [0, 0.05) is 23.7 Å². The van der Waals surface area contributed by atoms with Crippen LogP contribution in [0.3, 0.4) is 0 Å². The Bertz CT molecular complexity index is 567. The molecule has 0 radical (unpaired) electrons. The normalized spacial score (nSPS) is 13.6. The van der Waals surface area contributed by atoms with Crippen LogP contribution in [-0.2, 0) is 11.2 Å². The van der Waals surface area contributed by atoms with Crippen molar-refractivity contribution in [2.75, 3.05) is 17.2 Å². The van der Waals surface area contributed by atoms with E-state index in [-0.39, 0.29) is 17.3 Å². The smallest absolute Gasteiger partial charge is 0.294 e. The summed E-state index contributed by atoms with van der Waals surface area (Å²) in [7, 11) is 0. The number of hydrogen-bond donors (Lipinski definition) is 2. The van der Waals surface area contributed by atoms with Gasteiger partial charge in [0.15, 0.2) is 0 Å². The highest BCUT2D eigenvalue weighted by atomic mass is 16.6. The van der Waals surface area contributed by atoms with Crippen molar-refractivity contribution >= 4 is 23.0 Å². The highest BCUT2D eigenvalue weighted by molar-refractivity contribution is 5.97. The van der Waals surface area contributed by atoms with Crippen molar-refractivity contribution in [1.82, 2.24) is 0 Å². The number of rotatable bonds is 4. The van der Waals surface area contributed by atoms with E-state index in [9.17, 15) is 14.9 Å². The number of carbonyl (C=O) groups excluding carboxylic acids is 1. The fourth-order valence-electron chi connectivity index (χ4n) is 2.04. The fourth-order valence-corrected chi connectivity index (χ4v) is 2.04. The molecule has 6 heteroatoms. The Morgan fingerprint density at radius 3 is 2.80 bits per heavy atom. The molecule has 0 aliphatic carbocycles. The first-order valence-electron chi connectivity index (χ1n) is 6.72. The second kappa shape index (κ2) is 5.11. The number of nitrogens with one attached hydrogen (secondary N) is 2. The van der Waals surface area contributed by atoms with E-state index in [1.807, 2.05) is 20.8 Å². The van der Waals surface area contributed by atoms with Crippen LogP contribution in [-0.4, -0.2) is 17.4 Å². The van der Waals surface area contributed by atoms with Gasteiger partial charge in [-0.1, -0.05) is 20.8 Å². The Kier molecular flexibility index (Phi) is 3.65. The van der Waals surface area contributed by atoms with Crippen LogP contribution < -0.4 is 10.6 Å². The van der Waals surface area contributed by atoms with Crippen LogP contribution in [0.5, 0.6) is 0 Å². The van der Waals surface area contributed by atoms with Gasteiger partial charge in [-0.3, -0.25) is 14.9 Å². The first-order chi connectivity index (χ1) is 9.35. The Hall–Kier alpha value is -2.11. The van der Waals surface area contributed by atoms with E-state index in [4.69, 9.17) is 0 Å². The third-order valence-corrected chi connectivity index (χ3v) is 3.87. The maximum absolute atomic E-state index is 12.2. The van der Waals surface area contributed by atoms with E-state index < -0.39 is 10.3 Å². The standard InChI is InChI=1S/C14H19N3O3/c1-4-14(2,3)13(18)16-11-7-9-5-6-15-10(9)8-12(11)17(19)20/h7-8,15H,4-6H2,1-3H3,(H,16,18). The maximum atomic E-state index is 12.2. The van der Waals surface area contributed by atoms with Crippen molar-refractivity contribution in [3.05, 3.63) is 27.8 Å². The van der Waals surface area contributed by atoms with Crippen molar-refractivity contribution in [1.29, 1.82) is 0 Å². The zero-order valence-corrected chi connectivity index (χ0v) is 11.9. The lowest BCUT2D eigenvalue weighted by Crippen LogP contribution is -2.30. The van der Waals surface area contributed by atoms with Crippen LogP contribution in [0.2, 0.25) is 0 Å². The van der Waals surface area contributed by atoms with Gasteiger partial charge in [-0.05, 0) is 24.5 Å². The van der Waals surface area contributed by atoms with Crippen molar-refractivity contribution in [3.63, 3.8) is 0 Å². The van der Waals surface area contributed by atoms with E-state index in [0.717, 1.165) is 24.2 Å². The van der Waals surface area contributed by atoms with Crippen LogP contribution in [0.4, 0.5) is 17.1 Å². The Morgan fingerprint density at radius 1 is 1.50 bits per heavy atom. The zero-order valence-electron chi connectivity index (χ0n) is 11.9. The summed E-state index contributed by atoms with van der Waals surface area (Å²) in [5, 5.41) is 17.0. The van der Waals surface area contributed by atoms with Crippen LogP contribution in [0, 0.1) is 15.5 Å².